The molecule has 0 aromatic heterocycles. The largest absolute Gasteiger partial charge is 0.497 e. The number of hydrogen-bond acceptors (Lipinski definition) is 3. The van der Waals surface area contributed by atoms with Crippen molar-refractivity contribution in [2.45, 2.75) is 58.2 Å². The number of rotatable bonds is 2. The molecule has 5 heteroatoms. The third kappa shape index (κ3) is 2.70. The first-order chi connectivity index (χ1) is 9.50. The normalized spacial score (nSPS) is 20.4. The Hall–Kier alpha value is -1.38. The minimum atomic E-state index is -0.760. The smallest absolute Gasteiger partial charge is 0.399 e. The number of hydrogen-bond donors (Lipinski definition) is 0. The Balaban J connectivity index is 2.43. The third-order valence-corrected chi connectivity index (χ3v) is 4.50. The molecule has 0 aliphatic carbocycles. The minimum absolute atomic E-state index is 0.342. The highest BCUT2D eigenvalue weighted by Gasteiger charge is 2.52. The molecule has 2 rings (SSSR count). The van der Waals surface area contributed by atoms with Gasteiger partial charge in [0, 0.05) is 5.46 Å². The van der Waals surface area contributed by atoms with Crippen molar-refractivity contribution in [3.8, 4) is 6.07 Å². The quantitative estimate of drug-likeness (QED) is 0.786. The number of nitriles is 1. The molecule has 1 aromatic carbocycles. The molecule has 0 radical (unpaired) electrons. The summed E-state index contributed by atoms with van der Waals surface area (Å²) in [6.45, 7) is 11.3. The molecule has 1 heterocycles. The molecular weight excluding hydrogens is 268 g/mol. The zero-order valence-electron chi connectivity index (χ0n) is 13.5. The molecule has 0 unspecified atom stereocenters. The Morgan fingerprint density at radius 3 is 2.14 bits per heavy atom. The van der Waals surface area contributed by atoms with Gasteiger partial charge in [-0.3, -0.25) is 0 Å². The summed E-state index contributed by atoms with van der Waals surface area (Å²) in [5.74, 6) is -0.383. The lowest BCUT2D eigenvalue weighted by Gasteiger charge is -2.32. The predicted octanol–water partition coefficient (Wildman–Crippen LogP) is 2.93. The summed E-state index contributed by atoms with van der Waals surface area (Å²) in [5, 5.41) is 9.23. The molecule has 0 saturated carbocycles. The van der Waals surface area contributed by atoms with E-state index in [1.54, 1.807) is 26.0 Å². The van der Waals surface area contributed by atoms with Gasteiger partial charge in [0.25, 0.3) is 0 Å². The first kappa shape index (κ1) is 16.0. The molecule has 21 heavy (non-hydrogen) atoms. The van der Waals surface area contributed by atoms with Crippen molar-refractivity contribution in [1.82, 2.24) is 0 Å². The van der Waals surface area contributed by atoms with Crippen LogP contribution in [-0.4, -0.2) is 18.3 Å². The van der Waals surface area contributed by atoms with Gasteiger partial charge < -0.3 is 9.31 Å². The third-order valence-electron chi connectivity index (χ3n) is 4.50. The lowest BCUT2D eigenvalue weighted by molar-refractivity contribution is 0.00578. The van der Waals surface area contributed by atoms with Crippen LogP contribution < -0.4 is 5.46 Å². The molecule has 0 N–H and O–H groups in total. The van der Waals surface area contributed by atoms with Crippen LogP contribution in [0.1, 0.15) is 47.1 Å². The second-order valence-electron chi connectivity index (χ2n) is 7.06. The summed E-state index contributed by atoms with van der Waals surface area (Å²) in [5.41, 5.74) is -0.646. The lowest BCUT2D eigenvalue weighted by atomic mass is 9.75. The van der Waals surface area contributed by atoms with Gasteiger partial charge >= 0.3 is 7.12 Å². The fourth-order valence-corrected chi connectivity index (χ4v) is 2.15. The fourth-order valence-electron chi connectivity index (χ4n) is 2.15. The van der Waals surface area contributed by atoms with E-state index in [-0.39, 0.29) is 5.82 Å². The van der Waals surface area contributed by atoms with Gasteiger partial charge in [0.2, 0.25) is 0 Å². The van der Waals surface area contributed by atoms with Crippen LogP contribution in [0.25, 0.3) is 0 Å². The van der Waals surface area contributed by atoms with Crippen molar-refractivity contribution in [3.63, 3.8) is 0 Å². The van der Waals surface area contributed by atoms with Gasteiger partial charge in [-0.1, -0.05) is 12.1 Å². The first-order valence-corrected chi connectivity index (χ1v) is 7.07. The van der Waals surface area contributed by atoms with E-state index in [4.69, 9.17) is 9.31 Å². The lowest BCUT2D eigenvalue weighted by Crippen LogP contribution is -2.41. The molecule has 0 bridgehead atoms. The second kappa shape index (κ2) is 4.83. The highest BCUT2D eigenvalue weighted by atomic mass is 19.1. The molecule has 0 atom stereocenters. The van der Waals surface area contributed by atoms with E-state index in [0.717, 1.165) is 5.56 Å². The van der Waals surface area contributed by atoms with Crippen LogP contribution in [-0.2, 0) is 14.7 Å². The molecule has 1 aliphatic heterocycles. The van der Waals surface area contributed by atoms with Gasteiger partial charge in [-0.15, -0.1) is 0 Å². The van der Waals surface area contributed by atoms with E-state index in [1.165, 1.54) is 6.07 Å². The molecule has 0 amide bonds. The van der Waals surface area contributed by atoms with Gasteiger partial charge in [0.1, 0.15) is 5.82 Å². The zero-order chi connectivity index (χ0) is 16.1. The molecule has 0 spiro atoms. The Bertz CT molecular complexity index is 589. The molecule has 3 nitrogen and oxygen atoms in total. The molecule has 1 aromatic rings. The van der Waals surface area contributed by atoms with Gasteiger partial charge in [0.05, 0.1) is 22.7 Å². The summed E-state index contributed by atoms with van der Waals surface area (Å²) in [6.07, 6.45) is 0. The maximum absolute atomic E-state index is 14.2. The number of halogens is 1. The van der Waals surface area contributed by atoms with E-state index in [2.05, 4.69) is 6.07 Å². The maximum Gasteiger partial charge on any atom is 0.497 e. The van der Waals surface area contributed by atoms with E-state index in [1.807, 2.05) is 27.7 Å². The average Bonchev–Trinajstić information content (AvgIpc) is 2.58. The first-order valence-electron chi connectivity index (χ1n) is 7.07. The second-order valence-corrected chi connectivity index (χ2v) is 7.06. The Morgan fingerprint density at radius 2 is 1.67 bits per heavy atom. The molecule has 112 valence electrons. The SMILES string of the molecule is CC(C)(C#N)c1ccc(F)c(B2OC(C)(C)C(C)(C)O2)c1. The zero-order valence-corrected chi connectivity index (χ0v) is 13.5. The highest BCUT2D eigenvalue weighted by Crippen LogP contribution is 2.37. The summed E-state index contributed by atoms with van der Waals surface area (Å²) in [7, 11) is -0.760. The monoisotopic (exact) mass is 289 g/mol. The van der Waals surface area contributed by atoms with Crippen LogP contribution in [0.2, 0.25) is 0 Å². The van der Waals surface area contributed by atoms with Crippen molar-refractivity contribution >= 4 is 12.6 Å². The van der Waals surface area contributed by atoms with Crippen molar-refractivity contribution < 1.29 is 13.7 Å². The van der Waals surface area contributed by atoms with Gasteiger partial charge in [-0.25, -0.2) is 4.39 Å². The Kier molecular flexibility index (Phi) is 3.68. The summed E-state index contributed by atoms with van der Waals surface area (Å²) < 4.78 is 25.9. The van der Waals surface area contributed by atoms with Gasteiger partial charge in [0.15, 0.2) is 0 Å². The average molecular weight is 289 g/mol. The standard InChI is InChI=1S/C16H21BFNO2/c1-14(2,10-19)11-7-8-13(18)12(9-11)17-20-15(3,4)16(5,6)21-17/h7-9H,1-6H3. The molecule has 1 fully saturated rings. The van der Waals surface area contributed by atoms with Crippen LogP contribution in [0.3, 0.4) is 0 Å². The fraction of sp³-hybridized carbons (Fsp3) is 0.562. The van der Waals surface area contributed by atoms with Crippen LogP contribution in [0, 0.1) is 17.1 Å². The van der Waals surface area contributed by atoms with Gasteiger partial charge in [-0.05, 0) is 53.2 Å². The van der Waals surface area contributed by atoms with Crippen molar-refractivity contribution in [1.29, 1.82) is 5.26 Å². The van der Waals surface area contributed by atoms with Gasteiger partial charge in [-0.2, -0.15) is 5.26 Å². The van der Waals surface area contributed by atoms with Crippen molar-refractivity contribution in [3.05, 3.63) is 29.6 Å². The summed E-state index contributed by atoms with van der Waals surface area (Å²) in [4.78, 5) is 0. The minimum Gasteiger partial charge on any atom is -0.399 e. The number of nitrogens with zero attached hydrogens (tertiary/aromatic N) is 1. The molecule has 1 aliphatic rings. The van der Waals surface area contributed by atoms with E-state index < -0.39 is 23.7 Å². The molecular formula is C16H21BFNO2. The van der Waals surface area contributed by atoms with Crippen LogP contribution in [0.15, 0.2) is 18.2 Å². The van der Waals surface area contributed by atoms with E-state index >= 15 is 0 Å². The number of benzene rings is 1. The Labute approximate surface area is 126 Å². The van der Waals surface area contributed by atoms with E-state index in [0.29, 0.717) is 5.46 Å². The van der Waals surface area contributed by atoms with E-state index in [9.17, 15) is 9.65 Å². The van der Waals surface area contributed by atoms with Crippen molar-refractivity contribution in [2.75, 3.05) is 0 Å². The summed E-state index contributed by atoms with van der Waals surface area (Å²) >= 11 is 0. The highest BCUT2D eigenvalue weighted by molar-refractivity contribution is 6.62. The van der Waals surface area contributed by atoms with Crippen molar-refractivity contribution in [2.24, 2.45) is 0 Å². The topological polar surface area (TPSA) is 42.2 Å². The van der Waals surface area contributed by atoms with Crippen LogP contribution >= 0.6 is 0 Å². The predicted molar refractivity (Wildman–Crippen MR) is 80.8 cm³/mol. The Morgan fingerprint density at radius 1 is 1.14 bits per heavy atom. The maximum atomic E-state index is 14.2. The van der Waals surface area contributed by atoms with Crippen LogP contribution in [0.5, 0.6) is 0 Å². The summed E-state index contributed by atoms with van der Waals surface area (Å²) in [6, 6.07) is 6.89. The van der Waals surface area contributed by atoms with Crippen LogP contribution in [0.4, 0.5) is 4.39 Å². The molecule has 1 saturated heterocycles.